The van der Waals surface area contributed by atoms with Crippen LogP contribution in [0.3, 0.4) is 0 Å². The van der Waals surface area contributed by atoms with Gasteiger partial charge in [-0.2, -0.15) is 0 Å². The molecule has 0 aromatic rings. The molecule has 72 valence electrons. The van der Waals surface area contributed by atoms with Gasteiger partial charge in [-0.05, 0) is 34.6 Å². The molecular weight excluding hydrogens is 152 g/mol. The van der Waals surface area contributed by atoms with Crippen molar-refractivity contribution in [1.29, 1.82) is 0 Å². The maximum absolute atomic E-state index is 6.75. The van der Waals surface area contributed by atoms with Gasteiger partial charge in [-0.15, -0.1) is 0 Å². The van der Waals surface area contributed by atoms with E-state index in [9.17, 15) is 0 Å². The van der Waals surface area contributed by atoms with E-state index in [4.69, 9.17) is 11.1 Å². The molecule has 0 amide bonds. The average Bonchev–Trinajstić information content (AvgIpc) is 1.88. The quantitative estimate of drug-likeness (QED) is 0.381. The number of nitrogens with one attached hydrogen (secondary N) is 1. The number of quaternary nitrogens is 1. The lowest BCUT2D eigenvalue weighted by Crippen LogP contribution is -3.17. The van der Waals surface area contributed by atoms with E-state index in [0.29, 0.717) is 0 Å². The summed E-state index contributed by atoms with van der Waals surface area (Å²) in [6, 6.07) is 1.55. The molecule has 0 saturated carbocycles. The summed E-state index contributed by atoms with van der Waals surface area (Å²) in [5, 5.41) is 0. The summed E-state index contributed by atoms with van der Waals surface area (Å²) >= 11 is 0. The molecule has 0 fully saturated rings. The van der Waals surface area contributed by atoms with Gasteiger partial charge in [0.25, 0.3) is 0 Å². The lowest BCUT2D eigenvalue weighted by molar-refractivity contribution is -0.940. The summed E-state index contributed by atoms with van der Waals surface area (Å²) < 4.78 is 0. The van der Waals surface area contributed by atoms with Crippen molar-refractivity contribution >= 4 is 0 Å². The van der Waals surface area contributed by atoms with Crippen molar-refractivity contribution in [2.24, 2.45) is 0 Å². The second-order valence-corrected chi connectivity index (χ2v) is 3.33. The third-order valence-electron chi connectivity index (χ3n) is 1.89. The van der Waals surface area contributed by atoms with Crippen molar-refractivity contribution < 1.29 is 4.90 Å². The molecule has 0 heterocycles. The van der Waals surface area contributed by atoms with Crippen LogP contribution in [-0.4, -0.2) is 18.6 Å². The van der Waals surface area contributed by atoms with Crippen LogP contribution >= 0.6 is 0 Å². The SMILES string of the molecule is CC[NH+](C(C)C)C(C)C.[N-]=[N+]=[N-]. The Morgan fingerprint density at radius 3 is 1.33 bits per heavy atom. The van der Waals surface area contributed by atoms with E-state index in [-0.39, 0.29) is 0 Å². The molecule has 0 radical (unpaired) electrons. The molecule has 0 aliphatic carbocycles. The van der Waals surface area contributed by atoms with Crippen LogP contribution in [0.15, 0.2) is 0 Å². The zero-order valence-electron chi connectivity index (χ0n) is 8.70. The van der Waals surface area contributed by atoms with E-state index in [2.05, 4.69) is 34.6 Å². The second-order valence-electron chi connectivity index (χ2n) is 3.33. The Bertz CT molecular complexity index is 117. The normalized spacial score (nSPS) is 9.67. The fourth-order valence-corrected chi connectivity index (χ4v) is 1.48. The molecule has 1 N–H and O–H groups in total. The Balaban J connectivity index is 0. The first-order chi connectivity index (χ1) is 5.51. The zero-order chi connectivity index (χ0) is 10.1. The van der Waals surface area contributed by atoms with Crippen LogP contribution in [0, 0.1) is 0 Å². The summed E-state index contributed by atoms with van der Waals surface area (Å²) in [5.41, 5.74) is 13.5. The van der Waals surface area contributed by atoms with Crippen molar-refractivity contribution in [2.75, 3.05) is 6.54 Å². The lowest BCUT2D eigenvalue weighted by Gasteiger charge is -2.25. The smallest absolute Gasteiger partial charge is 0.0819 e. The van der Waals surface area contributed by atoms with Crippen molar-refractivity contribution in [2.45, 2.75) is 46.7 Å². The highest BCUT2D eigenvalue weighted by atomic mass is 15.2. The minimum atomic E-state index is 0.773. The van der Waals surface area contributed by atoms with Gasteiger partial charge in [-0.25, -0.2) is 0 Å². The summed E-state index contributed by atoms with van der Waals surface area (Å²) in [6.07, 6.45) is 0. The van der Waals surface area contributed by atoms with Crippen molar-refractivity contribution in [3.05, 3.63) is 16.0 Å². The minimum Gasteiger partial charge on any atom is -0.373 e. The van der Waals surface area contributed by atoms with Crippen LogP contribution in [0.1, 0.15) is 34.6 Å². The van der Waals surface area contributed by atoms with Gasteiger partial charge in [-0.1, -0.05) is 0 Å². The maximum Gasteiger partial charge on any atom is 0.0819 e. The zero-order valence-corrected chi connectivity index (χ0v) is 8.70. The van der Waals surface area contributed by atoms with Crippen molar-refractivity contribution in [3.8, 4) is 0 Å². The third-order valence-corrected chi connectivity index (χ3v) is 1.89. The monoisotopic (exact) mass is 172 g/mol. The molecule has 0 atom stereocenters. The van der Waals surface area contributed by atoms with Crippen LogP contribution in [0.2, 0.25) is 0 Å². The van der Waals surface area contributed by atoms with Gasteiger partial charge in [-0.3, -0.25) is 4.91 Å². The van der Waals surface area contributed by atoms with Crippen LogP contribution in [-0.2, 0) is 0 Å². The summed E-state index contributed by atoms with van der Waals surface area (Å²) in [4.78, 5) is 3.19. The first kappa shape index (κ1) is 13.8. The Hall–Kier alpha value is -0.730. The summed E-state index contributed by atoms with van der Waals surface area (Å²) in [7, 11) is 0. The molecule has 4 nitrogen and oxygen atoms in total. The standard InChI is InChI=1S/C8H19N.N3/c1-6-9(7(2)3)8(4)5;1-3-2/h7-8H,6H2,1-5H3;/q;-1/p+1. The van der Waals surface area contributed by atoms with Gasteiger partial charge in [0.1, 0.15) is 0 Å². The van der Waals surface area contributed by atoms with Gasteiger partial charge >= 0.3 is 0 Å². The first-order valence-electron chi connectivity index (χ1n) is 4.35. The van der Waals surface area contributed by atoms with Gasteiger partial charge in [0.15, 0.2) is 0 Å². The molecule has 0 rings (SSSR count). The highest BCUT2D eigenvalue weighted by Crippen LogP contribution is 1.74. The summed E-state index contributed by atoms with van der Waals surface area (Å²) in [6.45, 7) is 12.6. The second kappa shape index (κ2) is 8.37. The Labute approximate surface area is 75.0 Å². The van der Waals surface area contributed by atoms with E-state index >= 15 is 0 Å². The van der Waals surface area contributed by atoms with Gasteiger partial charge in [0.2, 0.25) is 0 Å². The molecule has 0 aliphatic rings. The first-order valence-corrected chi connectivity index (χ1v) is 4.35. The van der Waals surface area contributed by atoms with Crippen molar-refractivity contribution in [1.82, 2.24) is 0 Å². The molecule has 0 unspecified atom stereocenters. The Morgan fingerprint density at radius 2 is 1.33 bits per heavy atom. The number of hydrogen-bond donors (Lipinski definition) is 1. The van der Waals surface area contributed by atoms with Gasteiger partial charge in [0, 0.05) is 0 Å². The van der Waals surface area contributed by atoms with E-state index in [1.165, 1.54) is 11.5 Å². The van der Waals surface area contributed by atoms with Crippen LogP contribution in [0.5, 0.6) is 0 Å². The Kier molecular flexibility index (Phi) is 9.65. The topological polar surface area (TPSA) is 63.1 Å². The highest BCUT2D eigenvalue weighted by Gasteiger charge is 2.12. The largest absolute Gasteiger partial charge is 0.373 e. The van der Waals surface area contributed by atoms with Crippen molar-refractivity contribution in [3.63, 3.8) is 0 Å². The molecule has 12 heavy (non-hydrogen) atoms. The molecule has 0 aromatic heterocycles. The van der Waals surface area contributed by atoms with Crippen LogP contribution in [0.4, 0.5) is 0 Å². The highest BCUT2D eigenvalue weighted by molar-refractivity contribution is 4.38. The molecular formula is C8H20N4. The molecule has 0 spiro atoms. The molecule has 0 saturated heterocycles. The number of hydrogen-bond acceptors (Lipinski definition) is 0. The minimum absolute atomic E-state index is 0.773. The van der Waals surface area contributed by atoms with E-state index in [1.807, 2.05) is 0 Å². The fraction of sp³-hybridized carbons (Fsp3) is 1.00. The van der Waals surface area contributed by atoms with Crippen LogP contribution < -0.4 is 4.90 Å². The predicted molar refractivity (Wildman–Crippen MR) is 51.9 cm³/mol. The molecule has 0 bridgehead atoms. The maximum atomic E-state index is 6.75. The van der Waals surface area contributed by atoms with E-state index in [0.717, 1.165) is 12.1 Å². The van der Waals surface area contributed by atoms with E-state index in [1.54, 1.807) is 4.90 Å². The number of rotatable bonds is 3. The number of nitrogens with zero attached hydrogens (tertiary/aromatic N) is 3. The fourth-order valence-electron chi connectivity index (χ4n) is 1.48. The van der Waals surface area contributed by atoms with Crippen LogP contribution in [0.25, 0.3) is 16.0 Å². The molecule has 0 aromatic carbocycles. The molecule has 4 heteroatoms. The average molecular weight is 172 g/mol. The Morgan fingerprint density at radius 1 is 1.08 bits per heavy atom. The predicted octanol–water partition coefficient (Wildman–Crippen LogP) is 1.57. The summed E-state index contributed by atoms with van der Waals surface area (Å²) in [5.74, 6) is 0. The third kappa shape index (κ3) is 7.38. The molecule has 0 aliphatic heterocycles. The van der Waals surface area contributed by atoms with Gasteiger partial charge in [0.05, 0.1) is 18.6 Å². The van der Waals surface area contributed by atoms with Gasteiger partial charge < -0.3 is 16.0 Å². The van der Waals surface area contributed by atoms with E-state index < -0.39 is 0 Å². The lowest BCUT2D eigenvalue weighted by atomic mass is 10.2.